The Kier molecular flexibility index (Phi) is 4.64. The molecular formula is C14H15ClN2O2. The number of amides is 1. The summed E-state index contributed by atoms with van der Waals surface area (Å²) in [6, 6.07) is 6.76. The Labute approximate surface area is 117 Å². The lowest BCUT2D eigenvalue weighted by atomic mass is 10.1. The van der Waals surface area contributed by atoms with Crippen LogP contribution in [0.4, 0.5) is 0 Å². The van der Waals surface area contributed by atoms with Crippen molar-refractivity contribution in [2.24, 2.45) is 0 Å². The predicted molar refractivity (Wildman–Crippen MR) is 72.1 cm³/mol. The smallest absolute Gasteiger partial charge is 0.260 e. The molecule has 0 radical (unpaired) electrons. The van der Waals surface area contributed by atoms with E-state index < -0.39 is 0 Å². The van der Waals surface area contributed by atoms with Crippen molar-refractivity contribution in [3.05, 3.63) is 28.8 Å². The molecule has 0 bridgehead atoms. The third kappa shape index (κ3) is 3.62. The second-order valence-corrected chi connectivity index (χ2v) is 4.89. The molecule has 1 aromatic rings. The van der Waals surface area contributed by atoms with Crippen molar-refractivity contribution < 1.29 is 9.53 Å². The molecule has 0 unspecified atom stereocenters. The van der Waals surface area contributed by atoms with Crippen LogP contribution in [0.1, 0.15) is 24.8 Å². The Morgan fingerprint density at radius 2 is 2.11 bits per heavy atom. The fourth-order valence-electron chi connectivity index (χ4n) is 2.06. The van der Waals surface area contributed by atoms with E-state index in [0.29, 0.717) is 16.3 Å². The number of halogens is 1. The molecule has 1 fully saturated rings. The van der Waals surface area contributed by atoms with Crippen LogP contribution < -0.4 is 4.74 Å². The molecular weight excluding hydrogens is 264 g/mol. The van der Waals surface area contributed by atoms with Gasteiger partial charge in [-0.05, 0) is 37.5 Å². The van der Waals surface area contributed by atoms with E-state index in [-0.39, 0.29) is 12.5 Å². The van der Waals surface area contributed by atoms with E-state index in [2.05, 4.69) is 0 Å². The molecule has 4 nitrogen and oxygen atoms in total. The van der Waals surface area contributed by atoms with Crippen molar-refractivity contribution in [3.8, 4) is 11.8 Å². The molecule has 0 saturated carbocycles. The molecule has 1 saturated heterocycles. The summed E-state index contributed by atoms with van der Waals surface area (Å²) in [5, 5.41) is 9.08. The summed E-state index contributed by atoms with van der Waals surface area (Å²) in [5.74, 6) is 0.422. The number of likely N-dealkylation sites (tertiary alicyclic amines) is 1. The number of carbonyl (C=O) groups is 1. The molecule has 100 valence electrons. The molecule has 0 spiro atoms. The van der Waals surface area contributed by atoms with Gasteiger partial charge in [-0.15, -0.1) is 0 Å². The number of ether oxygens (including phenoxy) is 1. The predicted octanol–water partition coefficient (Wildman–Crippen LogP) is 2.60. The molecule has 2 rings (SSSR count). The molecule has 1 aromatic carbocycles. The highest BCUT2D eigenvalue weighted by Gasteiger charge is 2.17. The lowest BCUT2D eigenvalue weighted by Gasteiger charge is -2.26. The van der Waals surface area contributed by atoms with E-state index in [0.717, 1.165) is 25.9 Å². The summed E-state index contributed by atoms with van der Waals surface area (Å²) >= 11 is 5.98. The van der Waals surface area contributed by atoms with Crippen LogP contribution in [0.25, 0.3) is 0 Å². The summed E-state index contributed by atoms with van der Waals surface area (Å²) in [4.78, 5) is 13.7. The Morgan fingerprint density at radius 1 is 1.37 bits per heavy atom. The molecule has 1 aliphatic rings. The van der Waals surface area contributed by atoms with Gasteiger partial charge in [0.2, 0.25) is 0 Å². The van der Waals surface area contributed by atoms with E-state index in [9.17, 15) is 4.79 Å². The fourth-order valence-corrected chi connectivity index (χ4v) is 2.30. The van der Waals surface area contributed by atoms with E-state index in [4.69, 9.17) is 21.6 Å². The van der Waals surface area contributed by atoms with Gasteiger partial charge in [0.15, 0.2) is 6.61 Å². The second-order valence-electron chi connectivity index (χ2n) is 4.49. The molecule has 0 N–H and O–H groups in total. The van der Waals surface area contributed by atoms with Crippen LogP contribution in [0.5, 0.6) is 5.75 Å². The summed E-state index contributed by atoms with van der Waals surface area (Å²) < 4.78 is 5.42. The molecule has 5 heteroatoms. The molecule has 19 heavy (non-hydrogen) atoms. The minimum absolute atomic E-state index is 0.00831. The zero-order chi connectivity index (χ0) is 13.7. The molecule has 1 aliphatic heterocycles. The van der Waals surface area contributed by atoms with Crippen molar-refractivity contribution >= 4 is 17.5 Å². The molecule has 1 heterocycles. The number of piperidine rings is 1. The first-order chi connectivity index (χ1) is 9.20. The van der Waals surface area contributed by atoms with Gasteiger partial charge in [-0.25, -0.2) is 0 Å². The minimum atomic E-state index is -0.0138. The summed E-state index contributed by atoms with van der Waals surface area (Å²) in [7, 11) is 0. The zero-order valence-corrected chi connectivity index (χ0v) is 11.3. The average Bonchev–Trinajstić information content (AvgIpc) is 2.46. The number of hydrogen-bond acceptors (Lipinski definition) is 3. The summed E-state index contributed by atoms with van der Waals surface area (Å²) in [5.41, 5.74) is 0.472. The van der Waals surface area contributed by atoms with Crippen LogP contribution in [0.15, 0.2) is 18.2 Å². The maximum absolute atomic E-state index is 11.9. The summed E-state index contributed by atoms with van der Waals surface area (Å²) in [6.07, 6.45) is 3.30. The van der Waals surface area contributed by atoms with Crippen LogP contribution in [0, 0.1) is 11.3 Å². The SMILES string of the molecule is N#Cc1ccc(OCC(=O)N2CCCCC2)c(Cl)c1. The van der Waals surface area contributed by atoms with Crippen molar-refractivity contribution in [2.75, 3.05) is 19.7 Å². The lowest BCUT2D eigenvalue weighted by Crippen LogP contribution is -2.38. The van der Waals surface area contributed by atoms with Crippen molar-refractivity contribution in [1.82, 2.24) is 4.90 Å². The van der Waals surface area contributed by atoms with Crippen LogP contribution in [-0.2, 0) is 4.79 Å². The minimum Gasteiger partial charge on any atom is -0.482 e. The largest absolute Gasteiger partial charge is 0.482 e. The third-order valence-electron chi connectivity index (χ3n) is 3.12. The van der Waals surface area contributed by atoms with Crippen molar-refractivity contribution in [2.45, 2.75) is 19.3 Å². The zero-order valence-electron chi connectivity index (χ0n) is 10.6. The van der Waals surface area contributed by atoms with E-state index in [1.54, 1.807) is 12.1 Å². The van der Waals surface area contributed by atoms with Gasteiger partial charge in [0.1, 0.15) is 5.75 Å². The monoisotopic (exact) mass is 278 g/mol. The number of nitriles is 1. The first-order valence-electron chi connectivity index (χ1n) is 6.31. The second kappa shape index (κ2) is 6.44. The van der Waals surface area contributed by atoms with Gasteiger partial charge in [0.05, 0.1) is 16.7 Å². The van der Waals surface area contributed by atoms with Crippen molar-refractivity contribution in [3.63, 3.8) is 0 Å². The molecule has 0 atom stereocenters. The first kappa shape index (κ1) is 13.7. The van der Waals surface area contributed by atoms with E-state index >= 15 is 0 Å². The first-order valence-corrected chi connectivity index (χ1v) is 6.69. The highest BCUT2D eigenvalue weighted by molar-refractivity contribution is 6.32. The molecule has 0 aromatic heterocycles. The molecule has 0 aliphatic carbocycles. The number of hydrogen-bond donors (Lipinski definition) is 0. The Morgan fingerprint density at radius 3 is 2.74 bits per heavy atom. The maximum atomic E-state index is 11.9. The van der Waals surface area contributed by atoms with Crippen LogP contribution in [0.3, 0.4) is 0 Å². The normalized spacial score (nSPS) is 14.8. The lowest BCUT2D eigenvalue weighted by molar-refractivity contribution is -0.134. The van der Waals surface area contributed by atoms with Gasteiger partial charge in [-0.2, -0.15) is 5.26 Å². The third-order valence-corrected chi connectivity index (χ3v) is 3.42. The fraction of sp³-hybridized carbons (Fsp3) is 0.429. The number of nitrogens with zero attached hydrogens (tertiary/aromatic N) is 2. The number of rotatable bonds is 3. The van der Waals surface area contributed by atoms with Gasteiger partial charge in [-0.3, -0.25) is 4.79 Å². The average molecular weight is 279 g/mol. The van der Waals surface area contributed by atoms with Gasteiger partial charge < -0.3 is 9.64 Å². The highest BCUT2D eigenvalue weighted by Crippen LogP contribution is 2.25. The Bertz CT molecular complexity index is 505. The quantitative estimate of drug-likeness (QED) is 0.854. The van der Waals surface area contributed by atoms with Gasteiger partial charge in [-0.1, -0.05) is 11.6 Å². The Balaban J connectivity index is 1.91. The highest BCUT2D eigenvalue weighted by atomic mass is 35.5. The van der Waals surface area contributed by atoms with Gasteiger partial charge in [0.25, 0.3) is 5.91 Å². The van der Waals surface area contributed by atoms with Gasteiger partial charge in [0, 0.05) is 13.1 Å². The number of carbonyl (C=O) groups excluding carboxylic acids is 1. The van der Waals surface area contributed by atoms with E-state index in [1.165, 1.54) is 12.5 Å². The summed E-state index contributed by atoms with van der Waals surface area (Å²) in [6.45, 7) is 1.61. The van der Waals surface area contributed by atoms with Crippen LogP contribution in [0.2, 0.25) is 5.02 Å². The molecule has 1 amide bonds. The van der Waals surface area contributed by atoms with Crippen LogP contribution in [-0.4, -0.2) is 30.5 Å². The topological polar surface area (TPSA) is 53.3 Å². The van der Waals surface area contributed by atoms with Crippen molar-refractivity contribution in [1.29, 1.82) is 5.26 Å². The van der Waals surface area contributed by atoms with Crippen LogP contribution >= 0.6 is 11.6 Å². The Hall–Kier alpha value is -1.73. The number of benzene rings is 1. The van der Waals surface area contributed by atoms with E-state index in [1.807, 2.05) is 11.0 Å². The van der Waals surface area contributed by atoms with Gasteiger partial charge >= 0.3 is 0 Å². The maximum Gasteiger partial charge on any atom is 0.260 e. The standard InChI is InChI=1S/C14H15ClN2O2/c15-12-8-11(9-16)4-5-13(12)19-10-14(18)17-6-2-1-3-7-17/h4-5,8H,1-3,6-7,10H2.